The number of halogens is 2. The number of rotatable bonds is 4. The molecule has 0 aliphatic carbocycles. The number of amides is 2. The van der Waals surface area contributed by atoms with E-state index >= 15 is 0 Å². The summed E-state index contributed by atoms with van der Waals surface area (Å²) in [5, 5.41) is 2.81. The van der Waals surface area contributed by atoms with E-state index in [-0.39, 0.29) is 29.8 Å². The highest BCUT2D eigenvalue weighted by atomic mass is 35.5. The minimum Gasteiger partial charge on any atom is -0.326 e. The Morgan fingerprint density at radius 3 is 2.54 bits per heavy atom. The van der Waals surface area contributed by atoms with Gasteiger partial charge in [-0.2, -0.15) is 0 Å². The zero-order valence-corrected chi connectivity index (χ0v) is 15.4. The molecule has 2 aromatic carbocycles. The predicted molar refractivity (Wildman–Crippen MR) is 101 cm³/mol. The number of hydrogen-bond donors (Lipinski definition) is 1. The number of nitrogens with one attached hydrogen (secondary N) is 1. The molecule has 0 spiro atoms. The van der Waals surface area contributed by atoms with Crippen LogP contribution in [0.3, 0.4) is 0 Å². The van der Waals surface area contributed by atoms with Crippen LogP contribution in [-0.2, 0) is 9.59 Å². The van der Waals surface area contributed by atoms with Gasteiger partial charge in [0.15, 0.2) is 0 Å². The summed E-state index contributed by atoms with van der Waals surface area (Å²) < 4.78 is 13.3. The monoisotopic (exact) mass is 374 g/mol. The molecule has 1 saturated heterocycles. The van der Waals surface area contributed by atoms with Crippen LogP contribution >= 0.6 is 11.6 Å². The van der Waals surface area contributed by atoms with Crippen molar-refractivity contribution in [3.8, 4) is 0 Å². The fourth-order valence-corrected chi connectivity index (χ4v) is 3.16. The maximum absolute atomic E-state index is 13.3. The molecule has 1 aliphatic heterocycles. The van der Waals surface area contributed by atoms with Gasteiger partial charge in [0.2, 0.25) is 11.8 Å². The molecule has 1 aliphatic rings. The average molecular weight is 375 g/mol. The molecular formula is C20H20ClFN2O2. The highest BCUT2D eigenvalue weighted by Gasteiger charge is 2.35. The standard InChI is InChI=1S/C20H20ClFN2O2/c1-12(2)13-3-5-15(6-4-13)23-20(26)14-9-19(25)24(11-14)16-7-8-18(22)17(21)10-16/h3-8,10,12,14H,9,11H2,1-2H3,(H,23,26). The van der Waals surface area contributed by atoms with Gasteiger partial charge in [-0.25, -0.2) is 4.39 Å². The quantitative estimate of drug-likeness (QED) is 0.850. The zero-order chi connectivity index (χ0) is 18.8. The van der Waals surface area contributed by atoms with Gasteiger partial charge in [-0.1, -0.05) is 37.6 Å². The van der Waals surface area contributed by atoms with Crippen molar-refractivity contribution in [2.75, 3.05) is 16.8 Å². The van der Waals surface area contributed by atoms with Crippen molar-refractivity contribution in [3.63, 3.8) is 0 Å². The van der Waals surface area contributed by atoms with Crippen molar-refractivity contribution in [2.45, 2.75) is 26.2 Å². The van der Waals surface area contributed by atoms with E-state index in [0.29, 0.717) is 17.3 Å². The van der Waals surface area contributed by atoms with Crippen LogP contribution < -0.4 is 10.2 Å². The maximum atomic E-state index is 13.3. The Morgan fingerprint density at radius 2 is 1.92 bits per heavy atom. The van der Waals surface area contributed by atoms with Crippen molar-refractivity contribution in [2.24, 2.45) is 5.92 Å². The molecule has 1 N–H and O–H groups in total. The van der Waals surface area contributed by atoms with E-state index in [1.54, 1.807) is 0 Å². The number of carbonyl (C=O) groups excluding carboxylic acids is 2. The number of nitrogens with zero attached hydrogens (tertiary/aromatic N) is 1. The molecule has 3 rings (SSSR count). The van der Waals surface area contributed by atoms with Crippen LogP contribution in [0.15, 0.2) is 42.5 Å². The van der Waals surface area contributed by atoms with Crippen molar-refractivity contribution in [3.05, 3.63) is 58.9 Å². The van der Waals surface area contributed by atoms with E-state index in [2.05, 4.69) is 19.2 Å². The molecule has 1 unspecified atom stereocenters. The topological polar surface area (TPSA) is 49.4 Å². The lowest BCUT2D eigenvalue weighted by molar-refractivity contribution is -0.122. The van der Waals surface area contributed by atoms with Gasteiger partial charge in [-0.05, 0) is 41.8 Å². The lowest BCUT2D eigenvalue weighted by Crippen LogP contribution is -2.28. The van der Waals surface area contributed by atoms with Crippen molar-refractivity contribution < 1.29 is 14.0 Å². The van der Waals surface area contributed by atoms with Crippen LogP contribution in [0.1, 0.15) is 31.7 Å². The molecule has 1 fully saturated rings. The SMILES string of the molecule is CC(C)c1ccc(NC(=O)C2CC(=O)N(c3ccc(F)c(Cl)c3)C2)cc1. The first-order valence-corrected chi connectivity index (χ1v) is 8.89. The van der Waals surface area contributed by atoms with Crippen LogP contribution in [0.5, 0.6) is 0 Å². The third-order valence-electron chi connectivity index (χ3n) is 4.56. The Hall–Kier alpha value is -2.40. The molecule has 1 heterocycles. The summed E-state index contributed by atoms with van der Waals surface area (Å²) in [6, 6.07) is 11.8. The molecule has 6 heteroatoms. The van der Waals surface area contributed by atoms with Gasteiger partial charge in [-0.3, -0.25) is 9.59 Å². The minimum atomic E-state index is -0.541. The Kier molecular flexibility index (Phi) is 5.28. The van der Waals surface area contributed by atoms with E-state index in [9.17, 15) is 14.0 Å². The van der Waals surface area contributed by atoms with Gasteiger partial charge in [-0.15, -0.1) is 0 Å². The van der Waals surface area contributed by atoms with Gasteiger partial charge in [0.1, 0.15) is 5.82 Å². The first kappa shape index (κ1) is 18.4. The second kappa shape index (κ2) is 7.46. The lowest BCUT2D eigenvalue weighted by Gasteiger charge is -2.17. The fraction of sp³-hybridized carbons (Fsp3) is 0.300. The Balaban J connectivity index is 1.67. The van der Waals surface area contributed by atoms with Gasteiger partial charge in [0.05, 0.1) is 10.9 Å². The first-order valence-electron chi connectivity index (χ1n) is 8.51. The summed E-state index contributed by atoms with van der Waals surface area (Å²) >= 11 is 5.79. The number of carbonyl (C=O) groups is 2. The van der Waals surface area contributed by atoms with Crippen LogP contribution in [0.4, 0.5) is 15.8 Å². The Labute approximate surface area is 157 Å². The predicted octanol–water partition coefficient (Wildman–Crippen LogP) is 4.59. The zero-order valence-electron chi connectivity index (χ0n) is 14.6. The van der Waals surface area contributed by atoms with Crippen molar-refractivity contribution in [1.29, 1.82) is 0 Å². The second-order valence-corrected chi connectivity index (χ2v) is 7.18. The van der Waals surface area contributed by atoms with Crippen molar-refractivity contribution in [1.82, 2.24) is 0 Å². The molecule has 0 saturated carbocycles. The molecule has 2 aromatic rings. The van der Waals surface area contributed by atoms with E-state index in [1.807, 2.05) is 24.3 Å². The molecule has 4 nitrogen and oxygen atoms in total. The van der Waals surface area contributed by atoms with E-state index in [4.69, 9.17) is 11.6 Å². The summed E-state index contributed by atoms with van der Waals surface area (Å²) in [7, 11) is 0. The van der Waals surface area contributed by atoms with Gasteiger partial charge in [0, 0.05) is 24.3 Å². The normalized spacial score (nSPS) is 17.0. The summed E-state index contributed by atoms with van der Waals surface area (Å²) in [6.07, 6.45) is 0.116. The third-order valence-corrected chi connectivity index (χ3v) is 4.85. The maximum Gasteiger partial charge on any atom is 0.229 e. The highest BCUT2D eigenvalue weighted by Crippen LogP contribution is 2.29. The third kappa shape index (κ3) is 3.88. The number of benzene rings is 2. The van der Waals surface area contributed by atoms with Crippen LogP contribution in [0, 0.1) is 11.7 Å². The number of hydrogen-bond acceptors (Lipinski definition) is 2. The Bertz CT molecular complexity index is 836. The Morgan fingerprint density at radius 1 is 1.23 bits per heavy atom. The fourth-order valence-electron chi connectivity index (χ4n) is 2.98. The van der Waals surface area contributed by atoms with Gasteiger partial charge < -0.3 is 10.2 Å². The summed E-state index contributed by atoms with van der Waals surface area (Å²) in [4.78, 5) is 26.2. The first-order chi connectivity index (χ1) is 12.3. The van der Waals surface area contributed by atoms with E-state index in [1.165, 1.54) is 28.7 Å². The second-order valence-electron chi connectivity index (χ2n) is 6.77. The molecule has 26 heavy (non-hydrogen) atoms. The number of anilines is 2. The molecule has 1 atom stereocenters. The smallest absolute Gasteiger partial charge is 0.229 e. The molecule has 136 valence electrons. The van der Waals surface area contributed by atoms with Crippen LogP contribution in [0.25, 0.3) is 0 Å². The molecule has 0 radical (unpaired) electrons. The minimum absolute atomic E-state index is 0.0477. The van der Waals surface area contributed by atoms with E-state index in [0.717, 1.165) is 0 Å². The highest BCUT2D eigenvalue weighted by molar-refractivity contribution is 6.31. The van der Waals surface area contributed by atoms with Crippen LogP contribution in [0.2, 0.25) is 5.02 Å². The molecule has 0 bridgehead atoms. The molecular weight excluding hydrogens is 355 g/mol. The summed E-state index contributed by atoms with van der Waals surface area (Å²) in [6.45, 7) is 4.46. The molecule has 2 amide bonds. The lowest BCUT2D eigenvalue weighted by atomic mass is 10.0. The van der Waals surface area contributed by atoms with Crippen LogP contribution in [-0.4, -0.2) is 18.4 Å². The average Bonchev–Trinajstić information content (AvgIpc) is 3.00. The molecule has 0 aromatic heterocycles. The largest absolute Gasteiger partial charge is 0.326 e. The summed E-state index contributed by atoms with van der Waals surface area (Å²) in [5.41, 5.74) is 2.39. The van der Waals surface area contributed by atoms with Gasteiger partial charge in [0.25, 0.3) is 0 Å². The van der Waals surface area contributed by atoms with Gasteiger partial charge >= 0.3 is 0 Å². The van der Waals surface area contributed by atoms with E-state index < -0.39 is 11.7 Å². The summed E-state index contributed by atoms with van der Waals surface area (Å²) in [5.74, 6) is -0.963. The van der Waals surface area contributed by atoms with Crippen molar-refractivity contribution >= 4 is 34.8 Å².